The number of fused-ring (bicyclic) bond motifs is 1. The SMILES string of the molecule is c1cc(CN2CC[C@@H]3OCCC[C@]3(COCC3CC3)C2)cs1. The smallest absolute Gasteiger partial charge is 0.0677 e. The molecule has 3 aliphatic rings. The molecule has 122 valence electrons. The molecule has 1 aromatic heterocycles. The zero-order valence-corrected chi connectivity index (χ0v) is 14.2. The number of nitrogens with zero attached hydrogens (tertiary/aromatic N) is 1. The number of piperidine rings is 1. The lowest BCUT2D eigenvalue weighted by molar-refractivity contribution is -0.154. The molecule has 1 aromatic rings. The van der Waals surface area contributed by atoms with Crippen molar-refractivity contribution in [3.8, 4) is 0 Å². The van der Waals surface area contributed by atoms with E-state index in [0.29, 0.717) is 6.10 Å². The molecule has 0 radical (unpaired) electrons. The molecule has 0 unspecified atom stereocenters. The Bertz CT molecular complexity index is 473. The lowest BCUT2D eigenvalue weighted by Crippen LogP contribution is -2.56. The largest absolute Gasteiger partial charge is 0.380 e. The summed E-state index contributed by atoms with van der Waals surface area (Å²) in [6, 6.07) is 2.25. The zero-order chi connectivity index (χ0) is 14.8. The molecule has 4 rings (SSSR count). The molecule has 2 saturated heterocycles. The average molecular weight is 321 g/mol. The topological polar surface area (TPSA) is 21.7 Å². The van der Waals surface area contributed by atoms with Crippen LogP contribution in [0.5, 0.6) is 0 Å². The van der Waals surface area contributed by atoms with Crippen molar-refractivity contribution in [2.45, 2.75) is 44.8 Å². The lowest BCUT2D eigenvalue weighted by Gasteiger charge is -2.50. The molecule has 3 fully saturated rings. The Morgan fingerprint density at radius 1 is 1.36 bits per heavy atom. The van der Waals surface area contributed by atoms with Gasteiger partial charge in [0.2, 0.25) is 0 Å². The number of rotatable bonds is 6. The van der Waals surface area contributed by atoms with Crippen LogP contribution in [0.25, 0.3) is 0 Å². The molecule has 22 heavy (non-hydrogen) atoms. The number of hydrogen-bond donors (Lipinski definition) is 0. The summed E-state index contributed by atoms with van der Waals surface area (Å²) in [6.07, 6.45) is 6.78. The van der Waals surface area contributed by atoms with E-state index in [4.69, 9.17) is 9.47 Å². The highest BCUT2D eigenvalue weighted by atomic mass is 32.1. The molecule has 1 aliphatic carbocycles. The molecule has 0 aromatic carbocycles. The number of hydrogen-bond acceptors (Lipinski definition) is 4. The lowest BCUT2D eigenvalue weighted by atomic mass is 9.73. The van der Waals surface area contributed by atoms with Gasteiger partial charge in [-0.2, -0.15) is 11.3 Å². The number of thiophene rings is 1. The summed E-state index contributed by atoms with van der Waals surface area (Å²) in [5, 5.41) is 4.46. The molecule has 2 atom stereocenters. The minimum atomic E-state index is 0.238. The van der Waals surface area contributed by atoms with Crippen LogP contribution in [0.4, 0.5) is 0 Å². The molecule has 0 amide bonds. The highest BCUT2D eigenvalue weighted by molar-refractivity contribution is 7.07. The van der Waals surface area contributed by atoms with Gasteiger partial charge in [-0.15, -0.1) is 0 Å². The fraction of sp³-hybridized carbons (Fsp3) is 0.778. The van der Waals surface area contributed by atoms with Crippen LogP contribution in [-0.2, 0) is 16.0 Å². The summed E-state index contributed by atoms with van der Waals surface area (Å²) in [6.45, 7) is 6.19. The second-order valence-corrected chi connectivity index (χ2v) is 8.19. The van der Waals surface area contributed by atoms with E-state index in [1.165, 1.54) is 31.2 Å². The van der Waals surface area contributed by atoms with E-state index in [0.717, 1.165) is 51.8 Å². The Hall–Kier alpha value is -0.420. The van der Waals surface area contributed by atoms with E-state index < -0.39 is 0 Å². The first-order valence-corrected chi connectivity index (χ1v) is 9.71. The van der Waals surface area contributed by atoms with E-state index >= 15 is 0 Å². The summed E-state index contributed by atoms with van der Waals surface area (Å²) in [7, 11) is 0. The standard InChI is InChI=1S/C18H27NO2S/c1-6-18(14-20-11-15-2-3-15)13-19(7-4-17(18)21-8-1)10-16-5-9-22-12-16/h5,9,12,15,17H,1-4,6-8,10-11,13-14H2/t17-,18+/m0/s1. The zero-order valence-electron chi connectivity index (χ0n) is 13.3. The van der Waals surface area contributed by atoms with Crippen molar-refractivity contribution in [1.29, 1.82) is 0 Å². The van der Waals surface area contributed by atoms with Gasteiger partial charge in [-0.3, -0.25) is 4.90 Å². The summed E-state index contributed by atoms with van der Waals surface area (Å²) in [4.78, 5) is 2.62. The minimum absolute atomic E-state index is 0.238. The van der Waals surface area contributed by atoms with Crippen molar-refractivity contribution in [1.82, 2.24) is 4.90 Å². The van der Waals surface area contributed by atoms with E-state index in [-0.39, 0.29) is 5.41 Å². The molecule has 0 N–H and O–H groups in total. The maximum atomic E-state index is 6.14. The third kappa shape index (κ3) is 3.40. The van der Waals surface area contributed by atoms with Crippen LogP contribution in [0, 0.1) is 11.3 Å². The number of likely N-dealkylation sites (tertiary alicyclic amines) is 1. The van der Waals surface area contributed by atoms with Crippen LogP contribution < -0.4 is 0 Å². The second-order valence-electron chi connectivity index (χ2n) is 7.41. The van der Waals surface area contributed by atoms with Crippen molar-refractivity contribution in [3.05, 3.63) is 22.4 Å². The van der Waals surface area contributed by atoms with Gasteiger partial charge in [-0.25, -0.2) is 0 Å². The van der Waals surface area contributed by atoms with Crippen LogP contribution in [0.2, 0.25) is 0 Å². The maximum absolute atomic E-state index is 6.14. The molecule has 3 heterocycles. The third-order valence-electron chi connectivity index (χ3n) is 5.49. The molecule has 4 heteroatoms. The molecule has 3 nitrogen and oxygen atoms in total. The Balaban J connectivity index is 1.40. The van der Waals surface area contributed by atoms with Gasteiger partial charge in [0.25, 0.3) is 0 Å². The highest BCUT2D eigenvalue weighted by Gasteiger charge is 2.46. The van der Waals surface area contributed by atoms with Gasteiger partial charge < -0.3 is 9.47 Å². The first kappa shape index (κ1) is 15.1. The second kappa shape index (κ2) is 6.60. The summed E-state index contributed by atoms with van der Waals surface area (Å²) >= 11 is 1.80. The quantitative estimate of drug-likeness (QED) is 0.800. The fourth-order valence-electron chi connectivity index (χ4n) is 4.08. The van der Waals surface area contributed by atoms with Crippen molar-refractivity contribution < 1.29 is 9.47 Å². The summed E-state index contributed by atoms with van der Waals surface area (Å²) < 4.78 is 12.3. The molecular formula is C18H27NO2S. The van der Waals surface area contributed by atoms with Gasteiger partial charge in [-0.05, 0) is 60.4 Å². The predicted molar refractivity (Wildman–Crippen MR) is 89.2 cm³/mol. The van der Waals surface area contributed by atoms with Crippen LogP contribution in [0.1, 0.15) is 37.7 Å². The van der Waals surface area contributed by atoms with Crippen LogP contribution in [0.3, 0.4) is 0 Å². The normalized spacial score (nSPS) is 32.8. The molecule has 2 aliphatic heterocycles. The van der Waals surface area contributed by atoms with Gasteiger partial charge in [0.05, 0.1) is 12.7 Å². The van der Waals surface area contributed by atoms with E-state index in [1.54, 1.807) is 11.3 Å². The van der Waals surface area contributed by atoms with Crippen molar-refractivity contribution in [3.63, 3.8) is 0 Å². The summed E-state index contributed by atoms with van der Waals surface area (Å²) in [5.41, 5.74) is 1.69. The molecule has 0 bridgehead atoms. The Morgan fingerprint density at radius 2 is 2.32 bits per heavy atom. The Morgan fingerprint density at radius 3 is 3.14 bits per heavy atom. The predicted octanol–water partition coefficient (Wildman–Crippen LogP) is 3.55. The molecule has 0 spiro atoms. The van der Waals surface area contributed by atoms with E-state index in [2.05, 4.69) is 21.7 Å². The molecular weight excluding hydrogens is 294 g/mol. The van der Waals surface area contributed by atoms with Gasteiger partial charge in [0, 0.05) is 38.3 Å². The van der Waals surface area contributed by atoms with Gasteiger partial charge >= 0.3 is 0 Å². The Kier molecular flexibility index (Phi) is 4.54. The van der Waals surface area contributed by atoms with Crippen LogP contribution >= 0.6 is 11.3 Å². The summed E-state index contributed by atoms with van der Waals surface area (Å²) in [5.74, 6) is 0.852. The monoisotopic (exact) mass is 321 g/mol. The Labute approximate surface area is 137 Å². The van der Waals surface area contributed by atoms with Crippen molar-refractivity contribution in [2.24, 2.45) is 11.3 Å². The third-order valence-corrected chi connectivity index (χ3v) is 6.23. The minimum Gasteiger partial charge on any atom is -0.380 e. The van der Waals surface area contributed by atoms with Gasteiger partial charge in [-0.1, -0.05) is 0 Å². The van der Waals surface area contributed by atoms with Crippen LogP contribution in [-0.4, -0.2) is 43.9 Å². The first-order chi connectivity index (χ1) is 10.8. The molecule has 1 saturated carbocycles. The first-order valence-electron chi connectivity index (χ1n) is 8.77. The average Bonchev–Trinajstić information content (AvgIpc) is 3.22. The number of ether oxygens (including phenoxy) is 2. The van der Waals surface area contributed by atoms with Crippen molar-refractivity contribution >= 4 is 11.3 Å². The maximum Gasteiger partial charge on any atom is 0.0677 e. The van der Waals surface area contributed by atoms with Crippen molar-refractivity contribution in [2.75, 3.05) is 32.9 Å². The highest BCUT2D eigenvalue weighted by Crippen LogP contribution is 2.41. The van der Waals surface area contributed by atoms with E-state index in [9.17, 15) is 0 Å². The van der Waals surface area contributed by atoms with Gasteiger partial charge in [0.1, 0.15) is 0 Å². The van der Waals surface area contributed by atoms with Gasteiger partial charge in [0.15, 0.2) is 0 Å². The van der Waals surface area contributed by atoms with Crippen LogP contribution in [0.15, 0.2) is 16.8 Å². The fourth-order valence-corrected chi connectivity index (χ4v) is 4.74. The van der Waals surface area contributed by atoms with E-state index in [1.807, 2.05) is 0 Å².